The van der Waals surface area contributed by atoms with Gasteiger partial charge in [0.1, 0.15) is 0 Å². The van der Waals surface area contributed by atoms with Crippen LogP contribution in [0.15, 0.2) is 78.9 Å². The first kappa shape index (κ1) is 24.3. The molecule has 5 heteroatoms. The van der Waals surface area contributed by atoms with Crippen LogP contribution >= 0.6 is 23.2 Å². The number of anilines is 2. The molecule has 1 fully saturated rings. The average Bonchev–Trinajstić information content (AvgIpc) is 3.08. The van der Waals surface area contributed by atoms with Crippen LogP contribution in [0.1, 0.15) is 56.2 Å². The van der Waals surface area contributed by atoms with Gasteiger partial charge in [-0.3, -0.25) is 0 Å². The van der Waals surface area contributed by atoms with E-state index in [1.165, 1.54) is 26.7 Å². The van der Waals surface area contributed by atoms with Gasteiger partial charge >= 0.3 is 216 Å². The number of benzene rings is 3. The molecule has 0 unspecified atom stereocenters. The molecule has 3 aromatic rings. The van der Waals surface area contributed by atoms with Gasteiger partial charge in [0.25, 0.3) is 0 Å². The van der Waals surface area contributed by atoms with Crippen LogP contribution in [0, 0.1) is 0 Å². The van der Waals surface area contributed by atoms with Crippen molar-refractivity contribution in [3.05, 3.63) is 95.6 Å². The van der Waals surface area contributed by atoms with E-state index in [-0.39, 0.29) is 16.2 Å². The molecule has 0 bridgehead atoms. The first-order chi connectivity index (χ1) is 15.8. The summed E-state index contributed by atoms with van der Waals surface area (Å²) in [7, 11) is 0. The summed E-state index contributed by atoms with van der Waals surface area (Å²) in [4.78, 5) is 4.53. The van der Waals surface area contributed by atoms with Gasteiger partial charge in [0, 0.05) is 0 Å². The Hall–Kier alpha value is -1.80. The molecule has 0 atom stereocenters. The molecule has 0 saturated carbocycles. The number of hydrogen-bond donors (Lipinski definition) is 0. The van der Waals surface area contributed by atoms with Crippen LogP contribution < -0.4 is 9.80 Å². The van der Waals surface area contributed by atoms with Gasteiger partial charge in [-0.05, 0) is 0 Å². The van der Waals surface area contributed by atoms with E-state index in [1.807, 2.05) is 0 Å². The quantitative estimate of drug-likeness (QED) is 0.180. The Morgan fingerprint density at radius 3 is 1.88 bits per heavy atom. The standard InChI is InChI=1S/C21H24Cl2N2.C7H6.Ru/c1-15(2)17-9-5-7-11-19(17)24-13-21(22,23)25(14-24)20-12-8-6-10-18(20)16(3)4;1-7-5-3-2-4-6-7;/h5-12,15-16H,13H2,1-4H3;1-6H;. The van der Waals surface area contributed by atoms with Crippen molar-refractivity contribution in [2.24, 2.45) is 0 Å². The fraction of sp³-hybridized carbons (Fsp3) is 0.286. The molecule has 2 nitrogen and oxygen atoms in total. The average molecular weight is 567 g/mol. The predicted octanol–water partition coefficient (Wildman–Crippen LogP) is 7.41. The second kappa shape index (κ2) is 10.2. The number of alkyl halides is 2. The second-order valence-corrected chi connectivity index (χ2v) is 12.1. The molecule has 33 heavy (non-hydrogen) atoms. The van der Waals surface area contributed by atoms with Crippen LogP contribution in [0.3, 0.4) is 0 Å². The predicted molar refractivity (Wildman–Crippen MR) is 142 cm³/mol. The number of rotatable bonds is 5. The minimum absolute atomic E-state index is 0.312. The van der Waals surface area contributed by atoms with Crippen molar-refractivity contribution in [2.75, 3.05) is 16.3 Å². The molecule has 1 aliphatic heterocycles. The molecule has 3 aromatic carbocycles. The summed E-state index contributed by atoms with van der Waals surface area (Å²) in [5.41, 5.74) is 6.05. The van der Waals surface area contributed by atoms with E-state index in [0.29, 0.717) is 18.4 Å². The van der Waals surface area contributed by atoms with Gasteiger partial charge in [0.05, 0.1) is 0 Å². The molecule has 1 saturated heterocycles. The third-order valence-electron chi connectivity index (χ3n) is 5.78. The Bertz CT molecular complexity index is 1180. The van der Waals surface area contributed by atoms with Gasteiger partial charge in [-0.1, -0.05) is 0 Å². The van der Waals surface area contributed by atoms with E-state index in [4.69, 9.17) is 23.2 Å². The van der Waals surface area contributed by atoms with Crippen molar-refractivity contribution in [3.8, 4) is 0 Å². The number of para-hydroxylation sites is 2. The third kappa shape index (κ3) is 5.16. The van der Waals surface area contributed by atoms with Gasteiger partial charge in [0.15, 0.2) is 0 Å². The fourth-order valence-corrected chi connectivity index (χ4v) is 7.19. The summed E-state index contributed by atoms with van der Waals surface area (Å²) in [6.45, 7) is 9.41. The number of halogens is 2. The Balaban J connectivity index is 1.96. The van der Waals surface area contributed by atoms with Gasteiger partial charge in [-0.2, -0.15) is 0 Å². The van der Waals surface area contributed by atoms with E-state index in [2.05, 4.69) is 121 Å². The molecule has 0 N–H and O–H groups in total. The summed E-state index contributed by atoms with van der Waals surface area (Å²) < 4.78 is 2.45. The van der Waals surface area contributed by atoms with E-state index in [1.54, 1.807) is 0 Å². The first-order valence-corrected chi connectivity index (χ1v) is 13.9. The molecular weight excluding hydrogens is 536 g/mol. The van der Waals surface area contributed by atoms with Crippen molar-refractivity contribution in [3.63, 3.8) is 0 Å². The van der Waals surface area contributed by atoms with Gasteiger partial charge in [-0.25, -0.2) is 0 Å². The molecular formula is C28H30Cl2N2Ru. The van der Waals surface area contributed by atoms with Crippen LogP contribution in [0.4, 0.5) is 11.4 Å². The zero-order chi connectivity index (χ0) is 23.6. The van der Waals surface area contributed by atoms with E-state index in [0.717, 1.165) is 5.69 Å². The number of nitrogens with zero attached hydrogens (tertiary/aromatic N) is 2. The molecule has 1 aliphatic rings. The van der Waals surface area contributed by atoms with Crippen molar-refractivity contribution < 1.29 is 16.2 Å². The Kier molecular flexibility index (Phi) is 7.54. The summed E-state index contributed by atoms with van der Waals surface area (Å²) in [6, 6.07) is 27.6. The first-order valence-electron chi connectivity index (χ1n) is 11.3. The molecule has 174 valence electrons. The molecule has 0 aromatic heterocycles. The molecule has 0 aliphatic carbocycles. The maximum absolute atomic E-state index is 7.13. The van der Waals surface area contributed by atoms with Crippen molar-refractivity contribution in [1.29, 1.82) is 0 Å². The van der Waals surface area contributed by atoms with Crippen molar-refractivity contribution in [1.82, 2.24) is 0 Å². The minimum atomic E-state index is -1.07. The summed E-state index contributed by atoms with van der Waals surface area (Å²) in [5, 5.41) is 0. The van der Waals surface area contributed by atoms with Crippen molar-refractivity contribution >= 4 is 43.5 Å². The summed E-state index contributed by atoms with van der Waals surface area (Å²) >= 11 is 13.9. The molecule has 0 radical (unpaired) electrons. The Morgan fingerprint density at radius 1 is 0.758 bits per heavy atom. The normalized spacial score (nSPS) is 15.6. The molecule has 4 rings (SSSR count). The van der Waals surface area contributed by atoms with Gasteiger partial charge in [0.2, 0.25) is 0 Å². The van der Waals surface area contributed by atoms with Gasteiger partial charge in [-0.15, -0.1) is 0 Å². The van der Waals surface area contributed by atoms with Crippen LogP contribution in [0.25, 0.3) is 0 Å². The van der Waals surface area contributed by atoms with E-state index in [9.17, 15) is 0 Å². The molecule has 1 heterocycles. The second-order valence-electron chi connectivity index (χ2n) is 8.89. The monoisotopic (exact) mass is 566 g/mol. The van der Waals surface area contributed by atoms with Crippen molar-refractivity contribution in [2.45, 2.75) is 44.0 Å². The van der Waals surface area contributed by atoms with Crippen LogP contribution in [0.5, 0.6) is 0 Å². The molecule has 0 amide bonds. The van der Waals surface area contributed by atoms with E-state index < -0.39 is 4.46 Å². The van der Waals surface area contributed by atoms with Crippen LogP contribution in [-0.2, 0) is 16.2 Å². The number of hydrogen-bond acceptors (Lipinski definition) is 2. The zero-order valence-electron chi connectivity index (χ0n) is 19.4. The summed E-state index contributed by atoms with van der Waals surface area (Å²) in [6.07, 6.45) is 0. The van der Waals surface area contributed by atoms with Crippen LogP contribution in [-0.4, -0.2) is 20.0 Å². The third-order valence-corrected chi connectivity index (χ3v) is 8.49. The maximum atomic E-state index is 7.13. The zero-order valence-corrected chi connectivity index (χ0v) is 22.7. The topological polar surface area (TPSA) is 6.48 Å². The fourth-order valence-electron chi connectivity index (χ4n) is 4.16. The van der Waals surface area contributed by atoms with Crippen LogP contribution in [0.2, 0.25) is 0 Å². The van der Waals surface area contributed by atoms with Gasteiger partial charge < -0.3 is 0 Å². The Morgan fingerprint density at radius 2 is 1.27 bits per heavy atom. The Labute approximate surface area is 214 Å². The summed E-state index contributed by atoms with van der Waals surface area (Å²) in [5.74, 6) is 0.755. The van der Waals surface area contributed by atoms with E-state index >= 15 is 0 Å². The molecule has 0 spiro atoms. The SMILES string of the molecule is CC(C)c1ccccc1N1CC(Cl)(Cl)N(c2ccccc2C(C)C)[C]1=[Ru]=[CH]c1ccccc1.